The summed E-state index contributed by atoms with van der Waals surface area (Å²) in [5, 5.41) is 6.45. The number of amides is 1. The number of hydrogen-bond donors (Lipinski definition) is 2. The van der Waals surface area contributed by atoms with Crippen molar-refractivity contribution in [1.82, 2.24) is 24.8 Å². The third-order valence-corrected chi connectivity index (χ3v) is 5.43. The van der Waals surface area contributed by atoms with E-state index in [1.807, 2.05) is 19.2 Å². The first kappa shape index (κ1) is 26.8. The van der Waals surface area contributed by atoms with Crippen LogP contribution in [0.5, 0.6) is 0 Å². The Morgan fingerprint density at radius 3 is 2.67 bits per heavy atom. The molecule has 2 rings (SSSR count). The van der Waals surface area contributed by atoms with Gasteiger partial charge in [0.05, 0.1) is 0 Å². The summed E-state index contributed by atoms with van der Waals surface area (Å²) in [6.07, 6.45) is 13.3. The fourth-order valence-electron chi connectivity index (χ4n) is 3.51. The summed E-state index contributed by atoms with van der Waals surface area (Å²) in [6.45, 7) is 10.5. The van der Waals surface area contributed by atoms with Gasteiger partial charge in [0.25, 0.3) is 0 Å². The lowest BCUT2D eigenvalue weighted by atomic mass is 10.0. The van der Waals surface area contributed by atoms with Crippen LogP contribution in [-0.2, 0) is 16.0 Å². The average molecular weight is 459 g/mol. The number of aryl methyl sites for hydroxylation is 1. The maximum atomic E-state index is 13.0. The van der Waals surface area contributed by atoms with Crippen LogP contribution in [0.2, 0.25) is 0 Å². The van der Waals surface area contributed by atoms with Crippen LogP contribution in [0.1, 0.15) is 78.3 Å². The molecule has 1 amide bonds. The highest BCUT2D eigenvalue weighted by Gasteiger charge is 2.20. The molecule has 0 aliphatic carbocycles. The quantitative estimate of drug-likeness (QED) is 0.338. The lowest BCUT2D eigenvalue weighted by Crippen LogP contribution is -2.40. The molecular weight excluding hydrogens is 416 g/mol. The van der Waals surface area contributed by atoms with E-state index in [9.17, 15) is 4.79 Å². The highest BCUT2D eigenvalue weighted by atomic mass is 16.5. The molecule has 0 aromatic carbocycles. The van der Waals surface area contributed by atoms with Crippen LogP contribution in [-0.4, -0.2) is 51.2 Å². The van der Waals surface area contributed by atoms with Crippen LogP contribution < -0.4 is 10.6 Å². The second-order valence-corrected chi connectivity index (χ2v) is 8.83. The molecule has 0 unspecified atom stereocenters. The molecule has 0 saturated heterocycles. The minimum atomic E-state index is -0.349. The molecule has 33 heavy (non-hydrogen) atoms. The number of carbonyl (C=O) groups is 1. The first-order valence-corrected chi connectivity index (χ1v) is 12.5. The van der Waals surface area contributed by atoms with Crippen molar-refractivity contribution in [3.8, 4) is 5.95 Å². The molecule has 2 N–H and O–H groups in total. The van der Waals surface area contributed by atoms with E-state index in [2.05, 4.69) is 36.4 Å². The molecule has 0 aliphatic heterocycles. The van der Waals surface area contributed by atoms with Crippen molar-refractivity contribution in [1.29, 1.82) is 0 Å². The first-order valence-electron chi connectivity index (χ1n) is 12.5. The van der Waals surface area contributed by atoms with E-state index < -0.39 is 0 Å². The lowest BCUT2D eigenvalue weighted by molar-refractivity contribution is -0.122. The molecule has 0 aliphatic rings. The maximum Gasteiger partial charge on any atom is 0.242 e. The third-order valence-electron chi connectivity index (χ3n) is 5.43. The van der Waals surface area contributed by atoms with Gasteiger partial charge in [0.1, 0.15) is 18.2 Å². The molecule has 0 bridgehead atoms. The standard InChI is InChI=1S/C25H42N6O2/c1-5-7-8-9-11-21-18-23(30-25(28-21)31-16-15-26-19-31)29-22(13-12-20(3)4)24(32)27-14-10-17-33-6-2/h15-16,18-20,22H,5-14,17H2,1-4H3,(H,27,32)(H,28,29,30)/t22-/m0/s1. The highest BCUT2D eigenvalue weighted by molar-refractivity contribution is 5.84. The molecule has 8 nitrogen and oxygen atoms in total. The van der Waals surface area contributed by atoms with E-state index >= 15 is 0 Å². The zero-order valence-corrected chi connectivity index (χ0v) is 20.8. The number of aromatic nitrogens is 4. The number of imidazole rings is 1. The molecule has 184 valence electrons. The van der Waals surface area contributed by atoms with Crippen LogP contribution in [0.25, 0.3) is 5.95 Å². The Kier molecular flexibility index (Phi) is 12.5. The van der Waals surface area contributed by atoms with Gasteiger partial charge in [0, 0.05) is 43.9 Å². The van der Waals surface area contributed by atoms with Gasteiger partial charge < -0.3 is 15.4 Å². The number of unbranched alkanes of at least 4 members (excludes halogenated alkanes) is 3. The van der Waals surface area contributed by atoms with Crippen LogP contribution in [0.3, 0.4) is 0 Å². The Morgan fingerprint density at radius 1 is 1.12 bits per heavy atom. The van der Waals surface area contributed by atoms with Gasteiger partial charge in [0.2, 0.25) is 11.9 Å². The Hall–Kier alpha value is -2.48. The summed E-state index contributed by atoms with van der Waals surface area (Å²) in [6, 6.07) is 1.63. The van der Waals surface area contributed by atoms with Gasteiger partial charge in [-0.15, -0.1) is 0 Å². The lowest BCUT2D eigenvalue weighted by Gasteiger charge is -2.21. The summed E-state index contributed by atoms with van der Waals surface area (Å²) in [4.78, 5) is 26.5. The molecule has 2 aromatic rings. The van der Waals surface area contributed by atoms with Crippen LogP contribution in [0.15, 0.2) is 24.8 Å². The Bertz CT molecular complexity index is 794. The second kappa shape index (κ2) is 15.4. The molecule has 0 radical (unpaired) electrons. The van der Waals surface area contributed by atoms with Crippen LogP contribution in [0.4, 0.5) is 5.82 Å². The highest BCUT2D eigenvalue weighted by Crippen LogP contribution is 2.17. The predicted molar refractivity (Wildman–Crippen MR) is 133 cm³/mol. The van der Waals surface area contributed by atoms with E-state index in [-0.39, 0.29) is 11.9 Å². The van der Waals surface area contributed by atoms with Crippen molar-refractivity contribution < 1.29 is 9.53 Å². The molecule has 1 atom stereocenters. The van der Waals surface area contributed by atoms with E-state index in [0.29, 0.717) is 37.4 Å². The fraction of sp³-hybridized carbons (Fsp3) is 0.680. The SMILES string of the molecule is CCCCCCc1cc(N[C@@H](CCC(C)C)C(=O)NCCCOCC)nc(-n2ccnc2)n1. The van der Waals surface area contributed by atoms with Gasteiger partial charge >= 0.3 is 0 Å². The maximum absolute atomic E-state index is 13.0. The molecule has 0 saturated carbocycles. The number of carbonyl (C=O) groups excluding carboxylic acids is 1. The Labute approximate surface area is 199 Å². The smallest absolute Gasteiger partial charge is 0.242 e. The molecule has 0 spiro atoms. The molecular formula is C25H42N6O2. The fourth-order valence-corrected chi connectivity index (χ4v) is 3.51. The molecule has 0 fully saturated rings. The van der Waals surface area contributed by atoms with Crippen LogP contribution in [0, 0.1) is 5.92 Å². The normalized spacial score (nSPS) is 12.2. The van der Waals surface area contributed by atoms with Gasteiger partial charge in [-0.1, -0.05) is 40.0 Å². The van der Waals surface area contributed by atoms with Crippen molar-refractivity contribution in [3.63, 3.8) is 0 Å². The van der Waals surface area contributed by atoms with Gasteiger partial charge in [-0.25, -0.2) is 9.97 Å². The monoisotopic (exact) mass is 458 g/mol. The van der Waals surface area contributed by atoms with Crippen molar-refractivity contribution in [2.24, 2.45) is 5.92 Å². The summed E-state index contributed by atoms with van der Waals surface area (Å²) >= 11 is 0. The number of ether oxygens (including phenoxy) is 1. The largest absolute Gasteiger partial charge is 0.382 e. The summed E-state index contributed by atoms with van der Waals surface area (Å²) in [5.41, 5.74) is 0.979. The summed E-state index contributed by atoms with van der Waals surface area (Å²) < 4.78 is 7.17. The topological polar surface area (TPSA) is 94.0 Å². The minimum absolute atomic E-state index is 0.000521. The van der Waals surface area contributed by atoms with E-state index in [4.69, 9.17) is 14.7 Å². The van der Waals surface area contributed by atoms with Gasteiger partial charge in [-0.2, -0.15) is 4.98 Å². The van der Waals surface area contributed by atoms with Gasteiger partial charge in [-0.3, -0.25) is 9.36 Å². The number of nitrogens with one attached hydrogen (secondary N) is 2. The minimum Gasteiger partial charge on any atom is -0.382 e. The predicted octanol–water partition coefficient (Wildman–Crippen LogP) is 4.54. The summed E-state index contributed by atoms with van der Waals surface area (Å²) in [5.74, 6) is 1.76. The number of nitrogens with zero attached hydrogens (tertiary/aromatic N) is 4. The van der Waals surface area contributed by atoms with E-state index in [1.165, 1.54) is 19.3 Å². The number of rotatable bonds is 17. The molecule has 2 aromatic heterocycles. The number of anilines is 1. The van der Waals surface area contributed by atoms with Crippen molar-refractivity contribution >= 4 is 11.7 Å². The Balaban J connectivity index is 2.14. The zero-order valence-electron chi connectivity index (χ0n) is 20.8. The van der Waals surface area contributed by atoms with Gasteiger partial charge in [-0.05, 0) is 44.9 Å². The van der Waals surface area contributed by atoms with Crippen molar-refractivity contribution in [2.45, 2.75) is 85.1 Å². The van der Waals surface area contributed by atoms with Crippen molar-refractivity contribution in [3.05, 3.63) is 30.5 Å². The first-order chi connectivity index (χ1) is 16.0. The third kappa shape index (κ3) is 10.3. The average Bonchev–Trinajstić information content (AvgIpc) is 3.34. The van der Waals surface area contributed by atoms with Crippen LogP contribution >= 0.6 is 0 Å². The van der Waals surface area contributed by atoms with E-state index in [1.54, 1.807) is 17.1 Å². The van der Waals surface area contributed by atoms with Gasteiger partial charge in [0.15, 0.2) is 0 Å². The second-order valence-electron chi connectivity index (χ2n) is 8.83. The van der Waals surface area contributed by atoms with Crippen molar-refractivity contribution in [2.75, 3.05) is 25.1 Å². The molecule has 2 heterocycles. The van der Waals surface area contributed by atoms with E-state index in [0.717, 1.165) is 37.8 Å². The number of hydrogen-bond acceptors (Lipinski definition) is 6. The summed E-state index contributed by atoms with van der Waals surface area (Å²) in [7, 11) is 0. The Morgan fingerprint density at radius 2 is 1.97 bits per heavy atom. The molecule has 8 heteroatoms. The zero-order chi connectivity index (χ0) is 23.9.